The van der Waals surface area contributed by atoms with Crippen molar-refractivity contribution >= 4 is 45.3 Å². The maximum absolute atomic E-state index is 13.5. The standard InChI is InChI=1S/C32H44IN5O3S/c1-10-23-18-30(4,5)37(19-23)28-24(29(39)36-42(40)22(3)13-11-12-21(2)33)14-15-26(34-28)38-17-16-27(35-38)41-20-25-31(6,7)32(25,8)9/h11-17,23,25H,2,10,18-20H2,1,3-9H3,(H,36,39)/b12-11-,22-13+. The number of hydrogen-bond acceptors (Lipinski definition) is 6. The highest BCUT2D eigenvalue weighted by molar-refractivity contribution is 14.1. The number of carbonyl (C=O) groups excluding carboxylic acids is 1. The molecule has 228 valence electrons. The van der Waals surface area contributed by atoms with Gasteiger partial charge in [-0.25, -0.2) is 13.9 Å². The second-order valence-corrected chi connectivity index (χ2v) is 15.9. The normalized spacial score (nSPS) is 21.9. The Hall–Kier alpha value is -2.47. The van der Waals surface area contributed by atoms with Gasteiger partial charge in [0.15, 0.2) is 5.82 Å². The van der Waals surface area contributed by atoms with Crippen LogP contribution in [0.4, 0.5) is 5.82 Å². The number of allylic oxidation sites excluding steroid dienone is 5. The van der Waals surface area contributed by atoms with Crippen LogP contribution in [0.3, 0.4) is 0 Å². The predicted molar refractivity (Wildman–Crippen MR) is 179 cm³/mol. The molecule has 2 atom stereocenters. The summed E-state index contributed by atoms with van der Waals surface area (Å²) in [5, 5.41) is 4.64. The zero-order valence-electron chi connectivity index (χ0n) is 26.0. The molecule has 1 saturated carbocycles. The van der Waals surface area contributed by atoms with Crippen molar-refractivity contribution in [1.82, 2.24) is 19.5 Å². The van der Waals surface area contributed by atoms with E-state index < -0.39 is 16.9 Å². The van der Waals surface area contributed by atoms with Gasteiger partial charge in [-0.1, -0.05) is 53.7 Å². The Morgan fingerprint density at radius 1 is 1.21 bits per heavy atom. The van der Waals surface area contributed by atoms with Crippen LogP contribution in [0.5, 0.6) is 5.88 Å². The minimum atomic E-state index is -1.70. The van der Waals surface area contributed by atoms with E-state index in [1.807, 2.05) is 18.3 Å². The summed E-state index contributed by atoms with van der Waals surface area (Å²) >= 11 is 2.10. The van der Waals surface area contributed by atoms with Crippen molar-refractivity contribution < 1.29 is 13.7 Å². The first-order chi connectivity index (χ1) is 19.6. The molecule has 0 spiro atoms. The Bertz CT molecular complexity index is 1430. The molecule has 1 aliphatic heterocycles. The van der Waals surface area contributed by atoms with E-state index in [0.29, 0.717) is 46.4 Å². The van der Waals surface area contributed by atoms with Gasteiger partial charge in [0.05, 0.1) is 12.2 Å². The molecule has 42 heavy (non-hydrogen) atoms. The Labute approximate surface area is 266 Å². The fraction of sp³-hybridized carbons (Fsp3) is 0.531. The second-order valence-electron chi connectivity index (χ2n) is 13.1. The molecule has 0 aromatic carbocycles. The molecule has 0 radical (unpaired) electrons. The van der Waals surface area contributed by atoms with Crippen molar-refractivity contribution in [2.45, 2.75) is 73.8 Å². The van der Waals surface area contributed by atoms with Gasteiger partial charge in [-0.2, -0.15) is 0 Å². The fourth-order valence-corrected chi connectivity index (χ4v) is 6.83. The van der Waals surface area contributed by atoms with Crippen molar-refractivity contribution in [2.24, 2.45) is 22.7 Å². The predicted octanol–water partition coefficient (Wildman–Crippen LogP) is 7.15. The molecule has 2 unspecified atom stereocenters. The molecular formula is C32H44IN5O3S. The molecule has 2 aromatic rings. The van der Waals surface area contributed by atoms with E-state index in [1.165, 1.54) is 0 Å². The van der Waals surface area contributed by atoms with Crippen LogP contribution in [-0.2, 0) is 11.0 Å². The van der Waals surface area contributed by atoms with Crippen LogP contribution in [-0.4, -0.2) is 43.6 Å². The van der Waals surface area contributed by atoms with Crippen molar-refractivity contribution in [3.63, 3.8) is 0 Å². The third kappa shape index (κ3) is 6.69. The largest absolute Gasteiger partial charge is 0.476 e. The van der Waals surface area contributed by atoms with Gasteiger partial charge in [-0.05, 0) is 90.8 Å². The Morgan fingerprint density at radius 2 is 1.90 bits per heavy atom. The highest BCUT2D eigenvalue weighted by atomic mass is 127. The number of rotatable bonds is 11. The van der Waals surface area contributed by atoms with Crippen molar-refractivity contribution in [1.29, 1.82) is 0 Å². The zero-order valence-corrected chi connectivity index (χ0v) is 29.0. The molecule has 0 bridgehead atoms. The van der Waals surface area contributed by atoms with Crippen LogP contribution < -0.4 is 14.4 Å². The summed E-state index contributed by atoms with van der Waals surface area (Å²) in [6.07, 6.45) is 9.15. The number of nitrogens with one attached hydrogen (secondary N) is 1. The maximum atomic E-state index is 13.5. The smallest absolute Gasteiger partial charge is 0.266 e. The lowest BCUT2D eigenvalue weighted by Gasteiger charge is -2.34. The van der Waals surface area contributed by atoms with E-state index in [1.54, 1.807) is 35.9 Å². The Balaban J connectivity index is 1.60. The topological polar surface area (TPSA) is 89.3 Å². The number of ether oxygens (including phenoxy) is 1. The minimum absolute atomic E-state index is 0.203. The molecule has 8 nitrogen and oxygen atoms in total. The zero-order chi connectivity index (χ0) is 31.0. The summed E-state index contributed by atoms with van der Waals surface area (Å²) in [7, 11) is -1.70. The lowest BCUT2D eigenvalue weighted by Crippen LogP contribution is -2.40. The van der Waals surface area contributed by atoms with E-state index in [4.69, 9.17) is 9.72 Å². The number of amides is 1. The average Bonchev–Trinajstić information content (AvgIpc) is 3.32. The number of carbonyl (C=O) groups is 1. The first kappa shape index (κ1) is 32.4. The van der Waals surface area contributed by atoms with Gasteiger partial charge in [0.25, 0.3) is 5.91 Å². The van der Waals surface area contributed by atoms with E-state index in [9.17, 15) is 9.00 Å². The molecule has 2 aromatic heterocycles. The number of anilines is 1. The van der Waals surface area contributed by atoms with Crippen LogP contribution in [0.25, 0.3) is 5.82 Å². The summed E-state index contributed by atoms with van der Waals surface area (Å²) in [4.78, 5) is 21.2. The Kier molecular flexibility index (Phi) is 9.47. The van der Waals surface area contributed by atoms with Gasteiger partial charge < -0.3 is 9.64 Å². The number of nitrogens with zero attached hydrogens (tertiary/aromatic N) is 4. The average molecular weight is 706 g/mol. The van der Waals surface area contributed by atoms with E-state index >= 15 is 0 Å². The number of pyridine rings is 1. The molecule has 2 fully saturated rings. The first-order valence-corrected chi connectivity index (χ1v) is 16.7. The summed E-state index contributed by atoms with van der Waals surface area (Å²) in [6.45, 7) is 22.6. The number of aromatic nitrogens is 3. The van der Waals surface area contributed by atoms with Crippen LogP contribution in [0.15, 0.2) is 57.7 Å². The monoisotopic (exact) mass is 705 g/mol. The highest BCUT2D eigenvalue weighted by Crippen LogP contribution is 2.68. The quantitative estimate of drug-likeness (QED) is 0.198. The molecule has 4 rings (SSSR count). The third-order valence-electron chi connectivity index (χ3n) is 9.50. The second kappa shape index (κ2) is 12.3. The summed E-state index contributed by atoms with van der Waals surface area (Å²) in [5.41, 5.74) is 0.647. The molecule has 3 heterocycles. The molecule has 2 aliphatic rings. The molecule has 1 amide bonds. The van der Waals surface area contributed by atoms with Crippen molar-refractivity contribution in [3.05, 3.63) is 63.3 Å². The SMILES string of the molecule is C=C(I)/C=C\C=C(/C)S(=O)NC(=O)c1ccc(-n2ccc(OCC3C(C)(C)C3(C)C)n2)nc1N1CC(CC)CC1(C)C. The molecule has 10 heteroatoms. The van der Waals surface area contributed by atoms with Crippen LogP contribution in [0, 0.1) is 22.7 Å². The fourth-order valence-electron chi connectivity index (χ4n) is 5.98. The lowest BCUT2D eigenvalue weighted by atomic mass is 9.95. The summed E-state index contributed by atoms with van der Waals surface area (Å²) < 4.78 is 24.2. The van der Waals surface area contributed by atoms with Crippen LogP contribution >= 0.6 is 22.6 Å². The minimum Gasteiger partial charge on any atom is -0.476 e. The molecule has 1 saturated heterocycles. The summed E-state index contributed by atoms with van der Waals surface area (Å²) in [6, 6.07) is 5.36. The van der Waals surface area contributed by atoms with E-state index in [0.717, 1.165) is 23.0 Å². The van der Waals surface area contributed by atoms with Crippen LogP contribution in [0.2, 0.25) is 0 Å². The summed E-state index contributed by atoms with van der Waals surface area (Å²) in [5.74, 6) is 2.20. The van der Waals surface area contributed by atoms with Gasteiger partial charge in [0, 0.05) is 38.7 Å². The number of halogens is 1. The first-order valence-electron chi connectivity index (χ1n) is 14.5. The molecular weight excluding hydrogens is 661 g/mol. The third-order valence-corrected chi connectivity index (χ3v) is 11.0. The van der Waals surface area contributed by atoms with E-state index in [-0.39, 0.29) is 16.4 Å². The lowest BCUT2D eigenvalue weighted by molar-refractivity contribution is 0.0983. The highest BCUT2D eigenvalue weighted by Gasteiger charge is 2.64. The number of hydrogen-bond donors (Lipinski definition) is 1. The molecule has 1 aliphatic carbocycles. The van der Waals surface area contributed by atoms with Gasteiger partial charge in [-0.15, -0.1) is 5.10 Å². The van der Waals surface area contributed by atoms with E-state index in [2.05, 4.69) is 92.4 Å². The van der Waals surface area contributed by atoms with Gasteiger partial charge in [0.2, 0.25) is 5.88 Å². The van der Waals surface area contributed by atoms with Gasteiger partial charge >= 0.3 is 0 Å². The van der Waals surface area contributed by atoms with Crippen LogP contribution in [0.1, 0.15) is 78.6 Å². The van der Waals surface area contributed by atoms with Crippen molar-refractivity contribution in [3.8, 4) is 11.7 Å². The molecule has 1 N–H and O–H groups in total. The van der Waals surface area contributed by atoms with Crippen molar-refractivity contribution in [2.75, 3.05) is 18.1 Å². The van der Waals surface area contributed by atoms with Gasteiger partial charge in [-0.3, -0.25) is 9.52 Å². The Morgan fingerprint density at radius 3 is 2.50 bits per heavy atom. The van der Waals surface area contributed by atoms with Gasteiger partial charge in [0.1, 0.15) is 16.8 Å². The maximum Gasteiger partial charge on any atom is 0.266 e.